The molecule has 0 aromatic carbocycles. The third-order valence-corrected chi connectivity index (χ3v) is 6.16. The molecular formula is C14H19N3O3S2. The van der Waals surface area contributed by atoms with E-state index in [1.165, 1.54) is 17.5 Å². The minimum absolute atomic E-state index is 0.202. The highest BCUT2D eigenvalue weighted by Gasteiger charge is 2.34. The number of nitrogens with zero attached hydrogens (tertiary/aromatic N) is 1. The first kappa shape index (κ1) is 15.8. The Kier molecular flexibility index (Phi) is 4.47. The predicted octanol–water partition coefficient (Wildman–Crippen LogP) is 1.34. The second-order valence-corrected chi connectivity index (χ2v) is 8.26. The van der Waals surface area contributed by atoms with Gasteiger partial charge in [-0.25, -0.2) is 13.1 Å². The first-order valence-electron chi connectivity index (χ1n) is 7.12. The van der Waals surface area contributed by atoms with E-state index in [0.717, 1.165) is 29.6 Å². The molecule has 120 valence electrons. The van der Waals surface area contributed by atoms with E-state index >= 15 is 0 Å². The van der Waals surface area contributed by atoms with Crippen molar-refractivity contribution in [3.05, 3.63) is 23.7 Å². The number of methoxy groups -OCH3 is 1. The maximum Gasteiger partial charge on any atom is 0.242 e. The van der Waals surface area contributed by atoms with Gasteiger partial charge in [0.1, 0.15) is 4.90 Å². The van der Waals surface area contributed by atoms with Crippen LogP contribution >= 0.6 is 11.3 Å². The van der Waals surface area contributed by atoms with Crippen LogP contribution in [0.15, 0.2) is 28.6 Å². The SMILES string of the molecule is COCC1(CNS(=O)(=O)c2cnc3ccsc3c2)CCCN1. The van der Waals surface area contributed by atoms with Crippen molar-refractivity contribution >= 4 is 31.6 Å². The highest BCUT2D eigenvalue weighted by atomic mass is 32.2. The molecule has 0 amide bonds. The van der Waals surface area contributed by atoms with E-state index in [9.17, 15) is 8.42 Å². The molecule has 1 unspecified atom stereocenters. The van der Waals surface area contributed by atoms with Gasteiger partial charge in [-0.15, -0.1) is 11.3 Å². The second-order valence-electron chi connectivity index (χ2n) is 5.54. The first-order valence-corrected chi connectivity index (χ1v) is 9.48. The number of sulfonamides is 1. The summed E-state index contributed by atoms with van der Waals surface area (Å²) in [6.45, 7) is 1.68. The fourth-order valence-electron chi connectivity index (χ4n) is 2.76. The zero-order valence-corrected chi connectivity index (χ0v) is 14.0. The van der Waals surface area contributed by atoms with Crippen LogP contribution in [0.4, 0.5) is 0 Å². The summed E-state index contributed by atoms with van der Waals surface area (Å²) in [5.74, 6) is 0. The van der Waals surface area contributed by atoms with Crippen LogP contribution in [-0.4, -0.2) is 45.7 Å². The Labute approximate surface area is 133 Å². The summed E-state index contributed by atoms with van der Waals surface area (Å²) in [5.41, 5.74) is 0.500. The summed E-state index contributed by atoms with van der Waals surface area (Å²) in [4.78, 5) is 4.39. The van der Waals surface area contributed by atoms with E-state index in [4.69, 9.17) is 4.74 Å². The van der Waals surface area contributed by atoms with Crippen LogP contribution < -0.4 is 10.0 Å². The van der Waals surface area contributed by atoms with E-state index in [0.29, 0.717) is 13.2 Å². The van der Waals surface area contributed by atoms with E-state index < -0.39 is 10.0 Å². The lowest BCUT2D eigenvalue weighted by Crippen LogP contribution is -2.52. The van der Waals surface area contributed by atoms with Crippen LogP contribution in [0.2, 0.25) is 0 Å². The van der Waals surface area contributed by atoms with E-state index in [1.807, 2.05) is 11.4 Å². The summed E-state index contributed by atoms with van der Waals surface area (Å²) in [7, 11) is -1.95. The molecule has 3 heterocycles. The van der Waals surface area contributed by atoms with Gasteiger partial charge in [0.25, 0.3) is 0 Å². The topological polar surface area (TPSA) is 80.3 Å². The Bertz CT molecular complexity index is 752. The normalized spacial score (nSPS) is 22.4. The molecule has 1 saturated heterocycles. The van der Waals surface area contributed by atoms with Gasteiger partial charge in [-0.1, -0.05) is 0 Å². The molecule has 8 heteroatoms. The lowest BCUT2D eigenvalue weighted by molar-refractivity contribution is 0.122. The van der Waals surface area contributed by atoms with Crippen LogP contribution in [0.5, 0.6) is 0 Å². The number of hydrogen-bond acceptors (Lipinski definition) is 6. The van der Waals surface area contributed by atoms with Crippen molar-refractivity contribution in [3.8, 4) is 0 Å². The molecule has 2 aromatic heterocycles. The summed E-state index contributed by atoms with van der Waals surface area (Å²) in [6, 6.07) is 3.54. The monoisotopic (exact) mass is 341 g/mol. The van der Waals surface area contributed by atoms with Crippen molar-refractivity contribution in [2.24, 2.45) is 0 Å². The van der Waals surface area contributed by atoms with Gasteiger partial charge in [-0.3, -0.25) is 4.98 Å². The molecule has 1 aliphatic rings. The van der Waals surface area contributed by atoms with E-state index in [-0.39, 0.29) is 10.4 Å². The standard InChI is InChI=1S/C14H19N3O3S2/c1-20-10-14(4-2-5-16-14)9-17-22(18,19)11-7-13-12(15-8-11)3-6-21-13/h3,6-8,16-17H,2,4-5,9-10H2,1H3. The van der Waals surface area contributed by atoms with Gasteiger partial charge >= 0.3 is 0 Å². The Morgan fingerprint density at radius 3 is 3.14 bits per heavy atom. The summed E-state index contributed by atoms with van der Waals surface area (Å²) < 4.78 is 33.8. The molecule has 2 aromatic rings. The molecular weight excluding hydrogens is 322 g/mol. The highest BCUT2D eigenvalue weighted by Crippen LogP contribution is 2.23. The Hall–Kier alpha value is -1.06. The number of rotatable bonds is 6. The van der Waals surface area contributed by atoms with Gasteiger partial charge in [0.2, 0.25) is 10.0 Å². The minimum Gasteiger partial charge on any atom is -0.383 e. The average Bonchev–Trinajstić information content (AvgIpc) is 3.14. The third-order valence-electron chi connectivity index (χ3n) is 3.94. The maximum absolute atomic E-state index is 12.5. The van der Waals surface area contributed by atoms with Gasteiger partial charge < -0.3 is 10.1 Å². The van der Waals surface area contributed by atoms with Crippen LogP contribution in [0.1, 0.15) is 12.8 Å². The molecule has 0 bridgehead atoms. The number of hydrogen-bond donors (Lipinski definition) is 2. The zero-order valence-electron chi connectivity index (χ0n) is 12.3. The lowest BCUT2D eigenvalue weighted by Gasteiger charge is -2.28. The Morgan fingerprint density at radius 1 is 1.55 bits per heavy atom. The van der Waals surface area contributed by atoms with E-state index in [2.05, 4.69) is 15.0 Å². The number of aromatic nitrogens is 1. The Morgan fingerprint density at radius 2 is 2.41 bits per heavy atom. The largest absolute Gasteiger partial charge is 0.383 e. The fourth-order valence-corrected chi connectivity index (χ4v) is 4.71. The predicted molar refractivity (Wildman–Crippen MR) is 86.7 cm³/mol. The molecule has 1 fully saturated rings. The van der Waals surface area contributed by atoms with Crippen LogP contribution in [0.25, 0.3) is 10.2 Å². The number of pyridine rings is 1. The molecule has 0 saturated carbocycles. The lowest BCUT2D eigenvalue weighted by atomic mass is 9.99. The van der Waals surface area contributed by atoms with Crippen LogP contribution in [0, 0.1) is 0 Å². The van der Waals surface area contributed by atoms with Crippen molar-refractivity contribution in [2.45, 2.75) is 23.3 Å². The van der Waals surface area contributed by atoms with Crippen molar-refractivity contribution in [1.29, 1.82) is 0 Å². The second kappa shape index (κ2) is 6.21. The average molecular weight is 341 g/mol. The molecule has 1 aliphatic heterocycles. The maximum atomic E-state index is 12.5. The van der Waals surface area contributed by atoms with Crippen LogP contribution in [-0.2, 0) is 14.8 Å². The number of fused-ring (bicyclic) bond motifs is 1. The van der Waals surface area contributed by atoms with Gasteiger partial charge in [0, 0.05) is 19.9 Å². The molecule has 0 radical (unpaired) electrons. The molecule has 0 spiro atoms. The van der Waals surface area contributed by atoms with Crippen molar-refractivity contribution in [2.75, 3.05) is 26.8 Å². The quantitative estimate of drug-likeness (QED) is 0.829. The van der Waals surface area contributed by atoms with Gasteiger partial charge in [-0.05, 0) is 36.9 Å². The van der Waals surface area contributed by atoms with Crippen LogP contribution in [0.3, 0.4) is 0 Å². The zero-order chi connectivity index (χ0) is 15.6. The number of thiophene rings is 1. The van der Waals surface area contributed by atoms with Crippen molar-refractivity contribution in [3.63, 3.8) is 0 Å². The molecule has 2 N–H and O–H groups in total. The smallest absolute Gasteiger partial charge is 0.242 e. The molecule has 22 heavy (non-hydrogen) atoms. The highest BCUT2D eigenvalue weighted by molar-refractivity contribution is 7.89. The third kappa shape index (κ3) is 3.16. The molecule has 1 atom stereocenters. The van der Waals surface area contributed by atoms with Gasteiger partial charge in [-0.2, -0.15) is 0 Å². The fraction of sp³-hybridized carbons (Fsp3) is 0.500. The van der Waals surface area contributed by atoms with Gasteiger partial charge in [0.05, 0.1) is 22.4 Å². The number of ether oxygens (including phenoxy) is 1. The molecule has 0 aliphatic carbocycles. The van der Waals surface area contributed by atoms with Crippen molar-refractivity contribution < 1.29 is 13.2 Å². The summed E-state index contributed by atoms with van der Waals surface area (Å²) >= 11 is 1.48. The van der Waals surface area contributed by atoms with Crippen molar-refractivity contribution in [1.82, 2.24) is 15.0 Å². The minimum atomic E-state index is -3.57. The number of nitrogens with one attached hydrogen (secondary N) is 2. The Balaban J connectivity index is 1.77. The van der Waals surface area contributed by atoms with E-state index in [1.54, 1.807) is 13.2 Å². The summed E-state index contributed by atoms with van der Waals surface area (Å²) in [5, 5.41) is 5.26. The summed E-state index contributed by atoms with van der Waals surface area (Å²) in [6.07, 6.45) is 3.32. The molecule has 6 nitrogen and oxygen atoms in total. The van der Waals surface area contributed by atoms with Gasteiger partial charge in [0.15, 0.2) is 0 Å². The first-order chi connectivity index (χ1) is 10.5. The molecule has 3 rings (SSSR count).